The van der Waals surface area contributed by atoms with E-state index in [1.54, 1.807) is 0 Å². The van der Waals surface area contributed by atoms with E-state index in [0.717, 1.165) is 0 Å². The van der Waals surface area contributed by atoms with Gasteiger partial charge in [-0.15, -0.1) is 0 Å². The first-order valence-electron chi connectivity index (χ1n) is 0.836. The highest BCUT2D eigenvalue weighted by molar-refractivity contribution is 7.67. The predicted octanol–water partition coefficient (Wildman–Crippen LogP) is -0.517. The summed E-state index contributed by atoms with van der Waals surface area (Å²) in [6.45, 7) is 0. The van der Waals surface area contributed by atoms with Gasteiger partial charge in [-0.25, -0.2) is 8.42 Å². The predicted molar refractivity (Wildman–Crippen MR) is 21.8 cm³/mol. The van der Waals surface area contributed by atoms with E-state index in [9.17, 15) is 0 Å². The normalized spacial score (nSPS) is 7.67. The molecule has 6 heavy (non-hydrogen) atoms. The summed E-state index contributed by atoms with van der Waals surface area (Å²) in [4.78, 5) is 0. The third-order valence-electron chi connectivity index (χ3n) is 0.105. The molecule has 0 aromatic carbocycles. The van der Waals surface area contributed by atoms with Gasteiger partial charge in [0.2, 0.25) is 0 Å². The van der Waals surface area contributed by atoms with E-state index in [1.165, 1.54) is 0 Å². The molecule has 0 spiro atoms. The SMILES string of the molecule is N.[CH2]O[SH](=O)=O. The van der Waals surface area contributed by atoms with Crippen LogP contribution in [-0.4, -0.2) is 8.42 Å². The monoisotopic (exact) mass is 112 g/mol. The molecule has 0 saturated heterocycles. The molecule has 0 aliphatic rings. The minimum atomic E-state index is -2.71. The Morgan fingerprint density at radius 3 is 1.67 bits per heavy atom. The maximum Gasteiger partial charge on any atom is 0.257 e. The van der Waals surface area contributed by atoms with Gasteiger partial charge in [0.25, 0.3) is 11.0 Å². The van der Waals surface area contributed by atoms with Crippen molar-refractivity contribution in [3.8, 4) is 0 Å². The highest BCUT2D eigenvalue weighted by Gasteiger charge is 1.62. The molecule has 39 valence electrons. The maximum atomic E-state index is 9.12. The van der Waals surface area contributed by atoms with Crippen molar-refractivity contribution in [1.82, 2.24) is 6.15 Å². The third-order valence-corrected chi connectivity index (χ3v) is 0.316. The second kappa shape index (κ2) is 4.87. The molecule has 0 aromatic rings. The standard InChI is InChI=1S/CH3O3S.H3N/c1-4-5(2)3;/h5H,1H2;1H3. The largest absolute Gasteiger partial charge is 0.344 e. The van der Waals surface area contributed by atoms with Crippen molar-refractivity contribution in [1.29, 1.82) is 0 Å². The highest BCUT2D eigenvalue weighted by atomic mass is 32.2. The first-order valence-corrected chi connectivity index (χ1v) is 1.93. The van der Waals surface area contributed by atoms with E-state index in [0.29, 0.717) is 0 Å². The summed E-state index contributed by atoms with van der Waals surface area (Å²) >= 11 is 0. The Labute approximate surface area is 37.9 Å². The minimum Gasteiger partial charge on any atom is -0.344 e. The second-order valence-electron chi connectivity index (χ2n) is 0.353. The second-order valence-corrected chi connectivity index (χ2v) is 1.06. The van der Waals surface area contributed by atoms with Gasteiger partial charge in [-0.2, -0.15) is 0 Å². The molecule has 1 radical (unpaired) electrons. The number of hydrogen-bond acceptors (Lipinski definition) is 4. The fraction of sp³-hybridized carbons (Fsp3) is 0. The zero-order valence-corrected chi connectivity index (χ0v) is 3.98. The molecule has 0 amide bonds. The van der Waals surface area contributed by atoms with Crippen LogP contribution in [0.25, 0.3) is 0 Å². The molecule has 0 bridgehead atoms. The van der Waals surface area contributed by atoms with Crippen LogP contribution >= 0.6 is 0 Å². The van der Waals surface area contributed by atoms with Gasteiger partial charge in [-0.3, -0.25) is 4.18 Å². The average Bonchev–Trinajstić information content (AvgIpc) is 1.38. The van der Waals surface area contributed by atoms with Gasteiger partial charge in [0.1, 0.15) is 0 Å². The molecule has 0 aromatic heterocycles. The van der Waals surface area contributed by atoms with Crippen LogP contribution < -0.4 is 6.15 Å². The fourth-order valence-corrected chi connectivity index (χ4v) is 0. The van der Waals surface area contributed by atoms with Crippen molar-refractivity contribution in [3.63, 3.8) is 0 Å². The molecule has 0 aliphatic carbocycles. The Morgan fingerprint density at radius 1 is 1.50 bits per heavy atom. The highest BCUT2D eigenvalue weighted by Crippen LogP contribution is 1.57. The minimum absolute atomic E-state index is 0. The lowest BCUT2D eigenvalue weighted by Crippen LogP contribution is -1.69. The number of rotatable bonds is 1. The van der Waals surface area contributed by atoms with Gasteiger partial charge < -0.3 is 6.15 Å². The van der Waals surface area contributed by atoms with E-state index in [1.807, 2.05) is 0 Å². The molecular weight excluding hydrogens is 106 g/mol. The topological polar surface area (TPSA) is 78.4 Å². The van der Waals surface area contributed by atoms with Crippen LogP contribution in [0.4, 0.5) is 0 Å². The molecule has 5 heteroatoms. The Hall–Kier alpha value is -0.130. The summed E-state index contributed by atoms with van der Waals surface area (Å²) in [6.07, 6.45) is 0. The molecule has 0 aliphatic heterocycles. The Balaban J connectivity index is 0. The molecule has 0 heterocycles. The molecule has 0 saturated carbocycles. The van der Waals surface area contributed by atoms with Crippen LogP contribution in [0, 0.1) is 7.11 Å². The van der Waals surface area contributed by atoms with Gasteiger partial charge in [0.05, 0.1) is 7.11 Å². The van der Waals surface area contributed by atoms with Crippen LogP contribution in [0.1, 0.15) is 0 Å². The van der Waals surface area contributed by atoms with Crippen molar-refractivity contribution in [2.45, 2.75) is 0 Å². The molecule has 4 nitrogen and oxygen atoms in total. The van der Waals surface area contributed by atoms with Gasteiger partial charge >= 0.3 is 0 Å². The van der Waals surface area contributed by atoms with Gasteiger partial charge in [-0.05, 0) is 0 Å². The molecule has 0 unspecified atom stereocenters. The summed E-state index contributed by atoms with van der Waals surface area (Å²) in [5.41, 5.74) is 0. The molecular formula is CH6NO3S. The quantitative estimate of drug-likeness (QED) is 0.447. The number of hydrogen-bond donors (Lipinski definition) is 2. The number of thiol groups is 1. The van der Waals surface area contributed by atoms with Crippen LogP contribution in [-0.2, 0) is 15.2 Å². The van der Waals surface area contributed by atoms with Crippen molar-refractivity contribution >= 4 is 11.0 Å². The first-order chi connectivity index (χ1) is 2.27. The van der Waals surface area contributed by atoms with Crippen molar-refractivity contribution in [2.24, 2.45) is 0 Å². The lowest BCUT2D eigenvalue weighted by atomic mass is 11.8. The summed E-state index contributed by atoms with van der Waals surface area (Å²) in [5.74, 6) is 0. The van der Waals surface area contributed by atoms with E-state index in [4.69, 9.17) is 8.42 Å². The fourth-order valence-electron chi connectivity index (χ4n) is 0. The van der Waals surface area contributed by atoms with E-state index in [2.05, 4.69) is 11.3 Å². The average molecular weight is 112 g/mol. The van der Waals surface area contributed by atoms with Gasteiger partial charge in [-0.1, -0.05) is 0 Å². The van der Waals surface area contributed by atoms with Crippen molar-refractivity contribution in [2.75, 3.05) is 0 Å². The molecule has 3 N–H and O–H groups in total. The van der Waals surface area contributed by atoms with Crippen molar-refractivity contribution in [3.05, 3.63) is 7.11 Å². The van der Waals surface area contributed by atoms with Crippen molar-refractivity contribution < 1.29 is 12.6 Å². The van der Waals surface area contributed by atoms with Crippen LogP contribution in [0.5, 0.6) is 0 Å². The van der Waals surface area contributed by atoms with Crippen LogP contribution in [0.15, 0.2) is 0 Å². The third kappa shape index (κ3) is 9.12. The van der Waals surface area contributed by atoms with Crippen LogP contribution in [0.2, 0.25) is 0 Å². The summed E-state index contributed by atoms with van der Waals surface area (Å²) in [7, 11) is -0.120. The smallest absolute Gasteiger partial charge is 0.257 e. The summed E-state index contributed by atoms with van der Waals surface area (Å²) < 4.78 is 21.7. The van der Waals surface area contributed by atoms with E-state index in [-0.39, 0.29) is 6.15 Å². The maximum absolute atomic E-state index is 9.12. The van der Waals surface area contributed by atoms with Crippen LogP contribution in [0.3, 0.4) is 0 Å². The lowest BCUT2D eigenvalue weighted by molar-refractivity contribution is 0.461. The van der Waals surface area contributed by atoms with Gasteiger partial charge in [0, 0.05) is 0 Å². The molecule has 0 fully saturated rings. The summed E-state index contributed by atoms with van der Waals surface area (Å²) in [5, 5.41) is 0. The Morgan fingerprint density at radius 2 is 1.67 bits per heavy atom. The Kier molecular flexibility index (Phi) is 7.54. The molecule has 0 atom stereocenters. The van der Waals surface area contributed by atoms with E-state index < -0.39 is 11.0 Å². The van der Waals surface area contributed by atoms with E-state index >= 15 is 0 Å². The first kappa shape index (κ1) is 9.30. The zero-order valence-electron chi connectivity index (χ0n) is 3.09. The van der Waals surface area contributed by atoms with Gasteiger partial charge in [0.15, 0.2) is 0 Å². The summed E-state index contributed by atoms with van der Waals surface area (Å²) in [6, 6.07) is 0. The zero-order chi connectivity index (χ0) is 4.28. The molecule has 0 rings (SSSR count). The Bertz CT molecular complexity index is 68.9. The lowest BCUT2D eigenvalue weighted by Gasteiger charge is -1.66.